The van der Waals surface area contributed by atoms with Gasteiger partial charge in [-0.25, -0.2) is 4.98 Å². The van der Waals surface area contributed by atoms with E-state index in [1.54, 1.807) is 12.1 Å². The molecule has 0 saturated carbocycles. The van der Waals surface area contributed by atoms with Crippen LogP contribution in [0.1, 0.15) is 22.8 Å². The van der Waals surface area contributed by atoms with Crippen molar-refractivity contribution in [3.63, 3.8) is 0 Å². The van der Waals surface area contributed by atoms with Crippen LogP contribution >= 0.6 is 11.6 Å². The number of imidazole rings is 1. The maximum Gasteiger partial charge on any atom is 0.301 e. The molecule has 9 nitrogen and oxygen atoms in total. The number of aryl methyl sites for hydroxylation is 1. The number of rotatable bonds is 9. The minimum Gasteiger partial charge on any atom is -0.426 e. The van der Waals surface area contributed by atoms with E-state index in [1.807, 2.05) is 50.2 Å². The zero-order chi connectivity index (χ0) is 27.4. The van der Waals surface area contributed by atoms with Gasteiger partial charge in [-0.3, -0.25) is 4.79 Å². The number of anilines is 1. The van der Waals surface area contributed by atoms with Crippen LogP contribution in [-0.4, -0.2) is 79.2 Å². The minimum atomic E-state index is -0.124. The fourth-order valence-corrected chi connectivity index (χ4v) is 4.80. The lowest BCUT2D eigenvalue weighted by atomic mass is 10.0. The van der Waals surface area contributed by atoms with Gasteiger partial charge in [-0.1, -0.05) is 36.7 Å². The monoisotopic (exact) mass is 548 g/mol. The van der Waals surface area contributed by atoms with Gasteiger partial charge in [-0.05, 0) is 56.4 Å². The van der Waals surface area contributed by atoms with E-state index in [4.69, 9.17) is 26.1 Å². The van der Waals surface area contributed by atoms with E-state index in [9.17, 15) is 4.79 Å². The zero-order valence-electron chi connectivity index (χ0n) is 22.5. The Hall–Kier alpha value is -3.66. The number of nitrogens with one attached hydrogen (secondary N) is 2. The van der Waals surface area contributed by atoms with Crippen molar-refractivity contribution >= 4 is 34.4 Å². The van der Waals surface area contributed by atoms with E-state index >= 15 is 0 Å². The number of aromatic amines is 1. The van der Waals surface area contributed by atoms with Gasteiger partial charge in [0.2, 0.25) is 0 Å². The van der Waals surface area contributed by atoms with Crippen LogP contribution in [0.25, 0.3) is 22.4 Å². The average Bonchev–Trinajstić information content (AvgIpc) is 3.33. The molecule has 4 aromatic rings. The van der Waals surface area contributed by atoms with Gasteiger partial charge in [0.05, 0.1) is 29.4 Å². The van der Waals surface area contributed by atoms with Crippen molar-refractivity contribution in [2.24, 2.45) is 0 Å². The van der Waals surface area contributed by atoms with Crippen molar-refractivity contribution in [1.82, 2.24) is 25.2 Å². The molecule has 1 fully saturated rings. The summed E-state index contributed by atoms with van der Waals surface area (Å²) in [4.78, 5) is 29.5. The van der Waals surface area contributed by atoms with E-state index in [0.29, 0.717) is 39.7 Å². The number of likely N-dealkylation sites (N-methyl/N-ethyl adjacent to an activating group) is 1. The van der Waals surface area contributed by atoms with Gasteiger partial charge in [0.15, 0.2) is 5.65 Å². The van der Waals surface area contributed by atoms with E-state index in [2.05, 4.69) is 32.3 Å². The fraction of sp³-hybridized carbons (Fsp3) is 0.345. The van der Waals surface area contributed by atoms with E-state index < -0.39 is 0 Å². The van der Waals surface area contributed by atoms with Gasteiger partial charge in [0.25, 0.3) is 5.91 Å². The number of H-pyrrole nitrogens is 1. The average molecular weight is 549 g/mol. The molecular weight excluding hydrogens is 516 g/mol. The van der Waals surface area contributed by atoms with E-state index in [1.165, 1.54) is 0 Å². The van der Waals surface area contributed by atoms with Crippen LogP contribution < -0.4 is 15.0 Å². The lowest BCUT2D eigenvalue weighted by Crippen LogP contribution is -2.36. The Morgan fingerprint density at radius 2 is 1.90 bits per heavy atom. The molecule has 0 spiro atoms. The smallest absolute Gasteiger partial charge is 0.301 e. The summed E-state index contributed by atoms with van der Waals surface area (Å²) in [5, 5.41) is 3.49. The summed E-state index contributed by atoms with van der Waals surface area (Å²) in [5.41, 5.74) is 5.41. The first-order valence-corrected chi connectivity index (χ1v) is 13.5. The molecule has 0 aliphatic carbocycles. The summed E-state index contributed by atoms with van der Waals surface area (Å²) in [6, 6.07) is 15.8. The number of morpholine rings is 1. The molecule has 1 aliphatic rings. The number of hydrogen-bond acceptors (Lipinski definition) is 7. The molecule has 2 aromatic heterocycles. The first-order chi connectivity index (χ1) is 18.9. The predicted molar refractivity (Wildman–Crippen MR) is 154 cm³/mol. The first-order valence-electron chi connectivity index (χ1n) is 13.1. The predicted octanol–water partition coefficient (Wildman–Crippen LogP) is 4.76. The molecule has 2 aromatic carbocycles. The number of ether oxygens (including phenoxy) is 2. The molecule has 39 heavy (non-hydrogen) atoms. The van der Waals surface area contributed by atoms with Crippen LogP contribution in [0.2, 0.25) is 5.02 Å². The normalized spacial score (nSPS) is 13.7. The molecule has 1 saturated heterocycles. The van der Waals surface area contributed by atoms with Crippen molar-refractivity contribution in [3.05, 3.63) is 64.7 Å². The Bertz CT molecular complexity index is 1450. The molecule has 0 bridgehead atoms. The van der Waals surface area contributed by atoms with Crippen molar-refractivity contribution in [3.8, 4) is 23.0 Å². The largest absolute Gasteiger partial charge is 0.426 e. The number of pyridine rings is 1. The van der Waals surface area contributed by atoms with Gasteiger partial charge in [0, 0.05) is 43.0 Å². The quantitative estimate of drug-likeness (QED) is 0.311. The zero-order valence-corrected chi connectivity index (χ0v) is 23.2. The Morgan fingerprint density at radius 1 is 1.13 bits per heavy atom. The third-order valence-corrected chi connectivity index (χ3v) is 6.98. The molecule has 1 aliphatic heterocycles. The van der Waals surface area contributed by atoms with Crippen LogP contribution in [0.4, 0.5) is 5.69 Å². The van der Waals surface area contributed by atoms with Crippen molar-refractivity contribution in [1.29, 1.82) is 0 Å². The van der Waals surface area contributed by atoms with Crippen molar-refractivity contribution in [2.75, 3.05) is 58.4 Å². The Balaban J connectivity index is 1.34. The first kappa shape index (κ1) is 26.9. The number of nitrogens with zero attached hydrogens (tertiary/aromatic N) is 4. The SMILES string of the molecule is CCc1ccc(Oc2nc3nc(-c4ccc(N5CCOCC5)cc4)c(Cl)cc3[nH]2)cc1C(=O)NCCN(C)C. The van der Waals surface area contributed by atoms with E-state index in [-0.39, 0.29) is 11.9 Å². The van der Waals surface area contributed by atoms with Crippen LogP contribution in [0.3, 0.4) is 0 Å². The third-order valence-electron chi connectivity index (χ3n) is 6.69. The number of fused-ring (bicyclic) bond motifs is 1. The highest BCUT2D eigenvalue weighted by atomic mass is 35.5. The second-order valence-electron chi connectivity index (χ2n) is 9.71. The van der Waals surface area contributed by atoms with Crippen LogP contribution in [-0.2, 0) is 11.2 Å². The number of carbonyl (C=O) groups is 1. The standard InChI is InChI=1S/C29H33ClN6O3/c1-4-19-7-10-22(17-23(19)28(37)31-11-12-35(2)3)39-29-32-25-18-24(30)26(33-27(25)34-29)20-5-8-21(9-6-20)36-13-15-38-16-14-36/h5-10,17-18H,4,11-16H2,1-3H3,(H,31,37)(H,32,33,34). The summed E-state index contributed by atoms with van der Waals surface area (Å²) in [6.07, 6.45) is 0.736. The number of aromatic nitrogens is 3. The maximum atomic E-state index is 12.8. The lowest BCUT2D eigenvalue weighted by Gasteiger charge is -2.28. The van der Waals surface area contributed by atoms with E-state index in [0.717, 1.165) is 56.1 Å². The number of carbonyl (C=O) groups excluding carboxylic acids is 1. The van der Waals surface area contributed by atoms with Crippen molar-refractivity contribution in [2.45, 2.75) is 13.3 Å². The fourth-order valence-electron chi connectivity index (χ4n) is 4.54. The Morgan fingerprint density at radius 3 is 2.62 bits per heavy atom. The number of halogens is 1. The highest BCUT2D eigenvalue weighted by molar-refractivity contribution is 6.33. The molecule has 204 valence electrons. The third kappa shape index (κ3) is 6.33. The van der Waals surface area contributed by atoms with Gasteiger partial charge in [-0.15, -0.1) is 0 Å². The van der Waals surface area contributed by atoms with Gasteiger partial charge >= 0.3 is 6.01 Å². The summed E-state index contributed by atoms with van der Waals surface area (Å²) in [6.45, 7) is 6.59. The summed E-state index contributed by atoms with van der Waals surface area (Å²) >= 11 is 6.62. The van der Waals surface area contributed by atoms with Gasteiger partial charge in [0.1, 0.15) is 5.75 Å². The number of amides is 1. The number of hydrogen-bond donors (Lipinski definition) is 2. The van der Waals surface area contributed by atoms with Crippen molar-refractivity contribution < 1.29 is 14.3 Å². The summed E-state index contributed by atoms with van der Waals surface area (Å²) in [5.74, 6) is 0.385. The topological polar surface area (TPSA) is 95.6 Å². The molecule has 2 N–H and O–H groups in total. The number of benzene rings is 2. The highest BCUT2D eigenvalue weighted by Gasteiger charge is 2.16. The molecular formula is C29H33ClN6O3. The molecule has 0 radical (unpaired) electrons. The highest BCUT2D eigenvalue weighted by Crippen LogP contribution is 2.32. The maximum absolute atomic E-state index is 12.8. The molecule has 3 heterocycles. The second kappa shape index (κ2) is 12.0. The Labute approximate surface area is 233 Å². The molecule has 1 amide bonds. The van der Waals surface area contributed by atoms with Crippen LogP contribution in [0.5, 0.6) is 11.8 Å². The van der Waals surface area contributed by atoms with Crippen LogP contribution in [0, 0.1) is 0 Å². The summed E-state index contributed by atoms with van der Waals surface area (Å²) < 4.78 is 11.5. The Kier molecular flexibility index (Phi) is 8.30. The lowest BCUT2D eigenvalue weighted by molar-refractivity contribution is 0.0949. The summed E-state index contributed by atoms with van der Waals surface area (Å²) in [7, 11) is 3.94. The second-order valence-corrected chi connectivity index (χ2v) is 10.1. The van der Waals surface area contributed by atoms with Gasteiger partial charge in [-0.2, -0.15) is 4.98 Å². The minimum absolute atomic E-state index is 0.124. The molecule has 0 unspecified atom stereocenters. The molecule has 10 heteroatoms. The van der Waals surface area contributed by atoms with Crippen LogP contribution in [0.15, 0.2) is 48.5 Å². The van der Waals surface area contributed by atoms with Gasteiger partial charge < -0.3 is 29.6 Å². The molecule has 0 atom stereocenters. The molecule has 5 rings (SSSR count).